The van der Waals surface area contributed by atoms with Gasteiger partial charge in [-0.25, -0.2) is 0 Å². The van der Waals surface area contributed by atoms with Crippen LogP contribution in [0.25, 0.3) is 0 Å². The molecule has 0 amide bonds. The lowest BCUT2D eigenvalue weighted by atomic mass is 10.2. The van der Waals surface area contributed by atoms with Crippen LogP contribution in [0.1, 0.15) is 24.8 Å². The SMILES string of the molecule is [13CH3][13CH]1CC(=O)Oc2cc(O)ccc21. The number of phenols is 1. The lowest BCUT2D eigenvalue weighted by Gasteiger charge is -2.20. The number of ether oxygens (including phenoxy) is 1. The smallest absolute Gasteiger partial charge is 0.311 e. The van der Waals surface area contributed by atoms with Crippen LogP contribution in [-0.2, 0) is 4.79 Å². The molecule has 1 aliphatic heterocycles. The third-order valence-corrected chi connectivity index (χ3v) is 2.22. The summed E-state index contributed by atoms with van der Waals surface area (Å²) < 4.78 is 4.98. The van der Waals surface area contributed by atoms with Crippen molar-refractivity contribution < 1.29 is 14.6 Å². The van der Waals surface area contributed by atoms with Gasteiger partial charge in [-0.05, 0) is 17.5 Å². The average Bonchev–Trinajstić information content (AvgIpc) is 2.02. The standard InChI is InChI=1S/C10H10O3/c1-6-4-10(12)13-9-5-7(11)2-3-8(6)9/h2-3,5-6,11H,4H2,1H3/i1+1,6+1. The Morgan fingerprint density at radius 1 is 1.54 bits per heavy atom. The van der Waals surface area contributed by atoms with Crippen molar-refractivity contribution in [3.8, 4) is 11.5 Å². The molecule has 0 radical (unpaired) electrons. The minimum atomic E-state index is -0.231. The number of aromatic hydroxyl groups is 1. The maximum absolute atomic E-state index is 11.0. The van der Waals surface area contributed by atoms with Crippen LogP contribution >= 0.6 is 0 Å². The van der Waals surface area contributed by atoms with Crippen molar-refractivity contribution >= 4 is 5.97 Å². The number of phenolic OH excluding ortho intramolecular Hbond substituents is 1. The average molecular weight is 180 g/mol. The van der Waals surface area contributed by atoms with Crippen LogP contribution in [0, 0.1) is 0 Å². The molecule has 0 saturated carbocycles. The molecule has 1 heterocycles. The van der Waals surface area contributed by atoms with Crippen molar-refractivity contribution in [2.45, 2.75) is 19.3 Å². The summed E-state index contributed by atoms with van der Waals surface area (Å²) in [6.45, 7) is 1.97. The van der Waals surface area contributed by atoms with Crippen LogP contribution in [0.3, 0.4) is 0 Å². The number of hydrogen-bond donors (Lipinski definition) is 1. The van der Waals surface area contributed by atoms with E-state index in [9.17, 15) is 4.79 Å². The molecular weight excluding hydrogens is 170 g/mol. The van der Waals surface area contributed by atoms with E-state index in [1.807, 2.05) is 6.92 Å². The fourth-order valence-electron chi connectivity index (χ4n) is 1.54. The summed E-state index contributed by atoms with van der Waals surface area (Å²) in [4.78, 5) is 11.0. The maximum atomic E-state index is 11.0. The molecule has 1 atom stereocenters. The number of hydrogen-bond acceptors (Lipinski definition) is 3. The second kappa shape index (κ2) is 2.76. The van der Waals surface area contributed by atoms with E-state index in [-0.39, 0.29) is 17.6 Å². The highest BCUT2D eigenvalue weighted by Crippen LogP contribution is 2.35. The first-order valence-corrected chi connectivity index (χ1v) is 4.20. The first-order chi connectivity index (χ1) is 6.16. The third kappa shape index (κ3) is 1.37. The van der Waals surface area contributed by atoms with E-state index >= 15 is 0 Å². The molecule has 68 valence electrons. The Balaban J connectivity index is 2.49. The number of fused-ring (bicyclic) bond motifs is 1. The molecule has 1 aromatic rings. The molecule has 3 heteroatoms. The van der Waals surface area contributed by atoms with Crippen LogP contribution in [-0.4, -0.2) is 11.1 Å². The van der Waals surface area contributed by atoms with Crippen molar-refractivity contribution in [1.29, 1.82) is 0 Å². The van der Waals surface area contributed by atoms with E-state index in [4.69, 9.17) is 9.84 Å². The minimum Gasteiger partial charge on any atom is -0.508 e. The lowest BCUT2D eigenvalue weighted by Crippen LogP contribution is -2.18. The quantitative estimate of drug-likeness (QED) is 0.376. The second-order valence-corrected chi connectivity index (χ2v) is 3.30. The molecule has 0 aromatic heterocycles. The summed E-state index contributed by atoms with van der Waals surface area (Å²) in [5.74, 6) is 0.562. The first kappa shape index (κ1) is 8.10. The summed E-state index contributed by atoms with van der Waals surface area (Å²) in [5, 5.41) is 9.17. The second-order valence-electron chi connectivity index (χ2n) is 3.30. The van der Waals surface area contributed by atoms with E-state index in [0.29, 0.717) is 12.2 Å². The molecule has 0 fully saturated rings. The van der Waals surface area contributed by atoms with Gasteiger partial charge >= 0.3 is 5.97 Å². The molecular formula is C10H10O3. The van der Waals surface area contributed by atoms with E-state index in [1.165, 1.54) is 6.07 Å². The molecule has 0 saturated heterocycles. The molecule has 0 spiro atoms. The number of benzene rings is 1. The summed E-state index contributed by atoms with van der Waals surface area (Å²) in [7, 11) is 0. The van der Waals surface area contributed by atoms with Crippen LogP contribution in [0.5, 0.6) is 11.5 Å². The van der Waals surface area contributed by atoms with Crippen LogP contribution < -0.4 is 4.74 Å². The van der Waals surface area contributed by atoms with E-state index < -0.39 is 0 Å². The lowest BCUT2D eigenvalue weighted by molar-refractivity contribution is -0.135. The van der Waals surface area contributed by atoms with Gasteiger partial charge in [-0.1, -0.05) is 13.0 Å². The molecule has 3 nitrogen and oxygen atoms in total. The van der Waals surface area contributed by atoms with Crippen molar-refractivity contribution in [3.05, 3.63) is 23.8 Å². The van der Waals surface area contributed by atoms with Gasteiger partial charge in [0.25, 0.3) is 0 Å². The van der Waals surface area contributed by atoms with Gasteiger partial charge in [-0.2, -0.15) is 0 Å². The summed E-state index contributed by atoms with van der Waals surface area (Å²) in [5.41, 5.74) is 0.984. The Labute approximate surface area is 76.0 Å². The fraction of sp³-hybridized carbons (Fsp3) is 0.300. The normalized spacial score (nSPS) is 20.7. The van der Waals surface area contributed by atoms with Crippen molar-refractivity contribution in [2.24, 2.45) is 0 Å². The highest BCUT2D eigenvalue weighted by molar-refractivity contribution is 5.76. The van der Waals surface area contributed by atoms with Gasteiger partial charge < -0.3 is 9.84 Å². The van der Waals surface area contributed by atoms with E-state index in [2.05, 4.69) is 0 Å². The van der Waals surface area contributed by atoms with Gasteiger partial charge in [0.2, 0.25) is 0 Å². The Kier molecular flexibility index (Phi) is 1.72. The van der Waals surface area contributed by atoms with Gasteiger partial charge in [0.15, 0.2) is 0 Å². The molecule has 1 unspecified atom stereocenters. The highest BCUT2D eigenvalue weighted by atomic mass is 16.5. The van der Waals surface area contributed by atoms with Gasteiger partial charge in [-0.15, -0.1) is 0 Å². The Hall–Kier alpha value is -1.51. The predicted octanol–water partition coefficient (Wildman–Crippen LogP) is 1.80. The molecule has 1 aromatic carbocycles. The summed E-state index contributed by atoms with van der Waals surface area (Å²) >= 11 is 0. The summed E-state index contributed by atoms with van der Waals surface area (Å²) in [6, 6.07) is 4.87. The van der Waals surface area contributed by atoms with Gasteiger partial charge in [0.05, 0.1) is 6.42 Å². The maximum Gasteiger partial charge on any atom is 0.311 e. The molecule has 1 N–H and O–H groups in total. The number of carbonyl (C=O) groups excluding carboxylic acids is 1. The first-order valence-electron chi connectivity index (χ1n) is 4.20. The van der Waals surface area contributed by atoms with Crippen LogP contribution in [0.2, 0.25) is 0 Å². The number of esters is 1. The number of rotatable bonds is 0. The Bertz CT molecular complexity index is 357. The molecule has 1 aliphatic rings. The number of carbonyl (C=O) groups is 1. The topological polar surface area (TPSA) is 46.5 Å². The monoisotopic (exact) mass is 180 g/mol. The zero-order valence-electron chi connectivity index (χ0n) is 7.28. The molecule has 0 bridgehead atoms. The largest absolute Gasteiger partial charge is 0.508 e. The molecule has 0 aliphatic carbocycles. The Morgan fingerprint density at radius 3 is 3.08 bits per heavy atom. The van der Waals surface area contributed by atoms with Crippen LogP contribution in [0.4, 0.5) is 0 Å². The molecule has 2 rings (SSSR count). The van der Waals surface area contributed by atoms with Crippen molar-refractivity contribution in [3.63, 3.8) is 0 Å². The van der Waals surface area contributed by atoms with E-state index in [0.717, 1.165) is 5.56 Å². The highest BCUT2D eigenvalue weighted by Gasteiger charge is 2.23. The van der Waals surface area contributed by atoms with Crippen LogP contribution in [0.15, 0.2) is 18.2 Å². The minimum absolute atomic E-state index is 0.126. The van der Waals surface area contributed by atoms with Gasteiger partial charge in [0, 0.05) is 6.07 Å². The van der Waals surface area contributed by atoms with Crippen molar-refractivity contribution in [2.75, 3.05) is 0 Å². The Morgan fingerprint density at radius 2 is 2.31 bits per heavy atom. The van der Waals surface area contributed by atoms with Crippen molar-refractivity contribution in [1.82, 2.24) is 0 Å². The third-order valence-electron chi connectivity index (χ3n) is 2.22. The van der Waals surface area contributed by atoms with E-state index in [1.54, 1.807) is 12.1 Å². The predicted molar refractivity (Wildman–Crippen MR) is 46.8 cm³/mol. The van der Waals surface area contributed by atoms with Gasteiger partial charge in [0.1, 0.15) is 11.5 Å². The fourth-order valence-corrected chi connectivity index (χ4v) is 1.54. The zero-order chi connectivity index (χ0) is 9.42. The molecule has 13 heavy (non-hydrogen) atoms. The van der Waals surface area contributed by atoms with Gasteiger partial charge in [-0.3, -0.25) is 4.79 Å². The summed E-state index contributed by atoms with van der Waals surface area (Å²) in [6.07, 6.45) is 0.414. The zero-order valence-corrected chi connectivity index (χ0v) is 7.28.